The van der Waals surface area contributed by atoms with E-state index in [-0.39, 0.29) is 6.03 Å². The third-order valence-electron chi connectivity index (χ3n) is 2.28. The molecule has 2 amide bonds. The van der Waals surface area contributed by atoms with Crippen LogP contribution < -0.4 is 10.2 Å². The van der Waals surface area contributed by atoms with Gasteiger partial charge >= 0.3 is 6.03 Å². The highest BCUT2D eigenvalue weighted by atomic mass is 16.2. The van der Waals surface area contributed by atoms with Crippen LogP contribution in [-0.2, 0) is 0 Å². The Balaban J connectivity index is 2.30. The minimum Gasteiger partial charge on any atom is -0.336 e. The van der Waals surface area contributed by atoms with Crippen LogP contribution in [0, 0.1) is 11.8 Å². The van der Waals surface area contributed by atoms with Gasteiger partial charge in [0, 0.05) is 24.3 Å². The van der Waals surface area contributed by atoms with E-state index >= 15 is 0 Å². The van der Waals surface area contributed by atoms with Crippen LogP contribution in [0.5, 0.6) is 0 Å². The highest BCUT2D eigenvalue weighted by molar-refractivity contribution is 5.94. The van der Waals surface area contributed by atoms with Crippen molar-refractivity contribution in [3.05, 3.63) is 29.8 Å². The molecule has 1 aromatic carbocycles. The Bertz CT molecular complexity index is 442. The van der Waals surface area contributed by atoms with Crippen molar-refractivity contribution < 1.29 is 4.79 Å². The van der Waals surface area contributed by atoms with Gasteiger partial charge in [-0.3, -0.25) is 4.90 Å². The quantitative estimate of drug-likeness (QED) is 0.686. The highest BCUT2D eigenvalue weighted by Gasteiger charge is 2.20. The molecular formula is C12H12N2O. The van der Waals surface area contributed by atoms with Gasteiger partial charge < -0.3 is 5.32 Å². The van der Waals surface area contributed by atoms with Crippen LogP contribution in [0.25, 0.3) is 0 Å². The van der Waals surface area contributed by atoms with Crippen molar-refractivity contribution in [2.75, 3.05) is 18.0 Å². The van der Waals surface area contributed by atoms with Crippen molar-refractivity contribution in [3.8, 4) is 11.8 Å². The predicted molar refractivity (Wildman–Crippen MR) is 59.7 cm³/mol. The van der Waals surface area contributed by atoms with Crippen LogP contribution in [0.15, 0.2) is 24.3 Å². The van der Waals surface area contributed by atoms with E-state index in [1.807, 2.05) is 24.3 Å². The van der Waals surface area contributed by atoms with Gasteiger partial charge in [-0.25, -0.2) is 4.79 Å². The molecule has 0 atom stereocenters. The van der Waals surface area contributed by atoms with Crippen LogP contribution in [0.3, 0.4) is 0 Å². The van der Waals surface area contributed by atoms with E-state index in [2.05, 4.69) is 17.2 Å². The molecule has 0 spiro atoms. The van der Waals surface area contributed by atoms with Crippen LogP contribution in [-0.4, -0.2) is 19.1 Å². The van der Waals surface area contributed by atoms with Gasteiger partial charge in [0.15, 0.2) is 0 Å². The normalized spacial score (nSPS) is 14.5. The first-order chi connectivity index (χ1) is 7.31. The zero-order chi connectivity index (χ0) is 10.7. The number of urea groups is 1. The molecule has 0 saturated carbocycles. The monoisotopic (exact) mass is 200 g/mol. The molecule has 2 rings (SSSR count). The lowest BCUT2D eigenvalue weighted by Crippen LogP contribution is -2.27. The summed E-state index contributed by atoms with van der Waals surface area (Å²) in [5.41, 5.74) is 1.85. The number of anilines is 1. The average molecular weight is 200 g/mol. The summed E-state index contributed by atoms with van der Waals surface area (Å²) < 4.78 is 0. The Labute approximate surface area is 89.1 Å². The van der Waals surface area contributed by atoms with Gasteiger partial charge in [-0.2, -0.15) is 0 Å². The van der Waals surface area contributed by atoms with Crippen molar-refractivity contribution in [2.24, 2.45) is 0 Å². The smallest absolute Gasteiger partial charge is 0.321 e. The summed E-state index contributed by atoms with van der Waals surface area (Å²) in [7, 11) is 0. The number of hydrogen-bond acceptors (Lipinski definition) is 1. The van der Waals surface area contributed by atoms with Gasteiger partial charge in [0.25, 0.3) is 0 Å². The topological polar surface area (TPSA) is 32.3 Å². The largest absolute Gasteiger partial charge is 0.336 e. The first kappa shape index (κ1) is 9.60. The lowest BCUT2D eigenvalue weighted by atomic mass is 10.2. The number of carbonyl (C=O) groups is 1. The maximum absolute atomic E-state index is 11.4. The first-order valence-corrected chi connectivity index (χ1v) is 4.89. The predicted octanol–water partition coefficient (Wildman–Crippen LogP) is 1.59. The average Bonchev–Trinajstić information content (AvgIpc) is 2.65. The molecule has 0 aliphatic carbocycles. The number of nitrogens with zero attached hydrogens (tertiary/aromatic N) is 1. The van der Waals surface area contributed by atoms with Crippen molar-refractivity contribution in [1.29, 1.82) is 0 Å². The van der Waals surface area contributed by atoms with Gasteiger partial charge in [-0.1, -0.05) is 12.0 Å². The molecule has 3 heteroatoms. The van der Waals surface area contributed by atoms with Crippen LogP contribution >= 0.6 is 0 Å². The molecule has 0 bridgehead atoms. The summed E-state index contributed by atoms with van der Waals surface area (Å²) in [6.07, 6.45) is 0. The molecule has 0 unspecified atom stereocenters. The summed E-state index contributed by atoms with van der Waals surface area (Å²) in [5, 5.41) is 2.77. The Morgan fingerprint density at radius 3 is 3.00 bits per heavy atom. The second-order valence-electron chi connectivity index (χ2n) is 3.31. The summed E-state index contributed by atoms with van der Waals surface area (Å²) in [4.78, 5) is 13.1. The maximum atomic E-state index is 11.4. The molecule has 1 aliphatic rings. The van der Waals surface area contributed by atoms with E-state index in [4.69, 9.17) is 0 Å². The Morgan fingerprint density at radius 2 is 2.33 bits per heavy atom. The van der Waals surface area contributed by atoms with Crippen molar-refractivity contribution in [1.82, 2.24) is 5.32 Å². The fraction of sp³-hybridized carbons (Fsp3) is 0.250. The molecule has 15 heavy (non-hydrogen) atoms. The second-order valence-corrected chi connectivity index (χ2v) is 3.31. The molecule has 0 aromatic heterocycles. The van der Waals surface area contributed by atoms with Gasteiger partial charge in [-0.15, -0.1) is 5.92 Å². The van der Waals surface area contributed by atoms with E-state index in [0.29, 0.717) is 6.54 Å². The van der Waals surface area contributed by atoms with Crippen molar-refractivity contribution >= 4 is 11.7 Å². The number of carbonyl (C=O) groups excluding carboxylic acids is 1. The zero-order valence-corrected chi connectivity index (χ0v) is 8.58. The van der Waals surface area contributed by atoms with E-state index in [9.17, 15) is 4.79 Å². The second kappa shape index (κ2) is 4.05. The lowest BCUT2D eigenvalue weighted by molar-refractivity contribution is 0.252. The summed E-state index contributed by atoms with van der Waals surface area (Å²) >= 11 is 0. The van der Waals surface area contributed by atoms with Crippen LogP contribution in [0.1, 0.15) is 12.5 Å². The highest BCUT2D eigenvalue weighted by Crippen LogP contribution is 2.17. The van der Waals surface area contributed by atoms with Gasteiger partial charge in [0.1, 0.15) is 0 Å². The zero-order valence-electron chi connectivity index (χ0n) is 8.58. The van der Waals surface area contributed by atoms with E-state index in [0.717, 1.165) is 17.8 Å². The molecule has 1 heterocycles. The lowest BCUT2D eigenvalue weighted by Gasteiger charge is -2.13. The molecule has 1 saturated heterocycles. The molecule has 1 fully saturated rings. The van der Waals surface area contributed by atoms with E-state index in [1.54, 1.807) is 11.8 Å². The van der Waals surface area contributed by atoms with Gasteiger partial charge in [0.05, 0.1) is 0 Å². The Hall–Kier alpha value is -1.95. The minimum atomic E-state index is -0.0309. The van der Waals surface area contributed by atoms with Crippen LogP contribution in [0.2, 0.25) is 0 Å². The molecule has 1 aromatic rings. The Kier molecular flexibility index (Phi) is 2.59. The van der Waals surface area contributed by atoms with Crippen LogP contribution in [0.4, 0.5) is 10.5 Å². The minimum absolute atomic E-state index is 0.0309. The molecule has 76 valence electrons. The Morgan fingerprint density at radius 1 is 1.47 bits per heavy atom. The first-order valence-electron chi connectivity index (χ1n) is 4.89. The number of amides is 2. The SMILES string of the molecule is CC#Cc1cccc(N2CCNC2=O)c1. The number of hydrogen-bond donors (Lipinski definition) is 1. The molecule has 1 aliphatic heterocycles. The third-order valence-corrected chi connectivity index (χ3v) is 2.28. The summed E-state index contributed by atoms with van der Waals surface area (Å²) in [6.45, 7) is 3.24. The summed E-state index contributed by atoms with van der Waals surface area (Å²) in [5.74, 6) is 5.82. The number of nitrogens with one attached hydrogen (secondary N) is 1. The third kappa shape index (κ3) is 1.94. The van der Waals surface area contributed by atoms with Crippen molar-refractivity contribution in [3.63, 3.8) is 0 Å². The fourth-order valence-electron chi connectivity index (χ4n) is 1.61. The molecule has 0 radical (unpaired) electrons. The maximum Gasteiger partial charge on any atom is 0.321 e. The fourth-order valence-corrected chi connectivity index (χ4v) is 1.61. The summed E-state index contributed by atoms with van der Waals surface area (Å²) in [6, 6.07) is 7.68. The van der Waals surface area contributed by atoms with Gasteiger partial charge in [0.2, 0.25) is 0 Å². The molecular weight excluding hydrogens is 188 g/mol. The number of rotatable bonds is 1. The van der Waals surface area contributed by atoms with E-state index < -0.39 is 0 Å². The molecule has 1 N–H and O–H groups in total. The van der Waals surface area contributed by atoms with Gasteiger partial charge in [-0.05, 0) is 25.1 Å². The standard InChI is InChI=1S/C12H12N2O/c1-2-4-10-5-3-6-11(9-10)14-8-7-13-12(14)15/h3,5-6,9H,7-8H2,1H3,(H,13,15). The van der Waals surface area contributed by atoms with E-state index in [1.165, 1.54) is 0 Å². The number of benzene rings is 1. The molecule has 3 nitrogen and oxygen atoms in total. The van der Waals surface area contributed by atoms with Crippen molar-refractivity contribution in [2.45, 2.75) is 6.92 Å².